The summed E-state index contributed by atoms with van der Waals surface area (Å²) in [7, 11) is 0. The van der Waals surface area contributed by atoms with Crippen molar-refractivity contribution in [2.75, 3.05) is 26.4 Å². The zero-order valence-corrected chi connectivity index (χ0v) is 19.9. The van der Waals surface area contributed by atoms with E-state index in [9.17, 15) is 4.79 Å². The number of hydrogen-bond donors (Lipinski definition) is 1. The van der Waals surface area contributed by atoms with Crippen LogP contribution < -0.4 is 9.47 Å². The Kier molecular flexibility index (Phi) is 7.76. The highest BCUT2D eigenvalue weighted by molar-refractivity contribution is 8.26. The van der Waals surface area contributed by atoms with Gasteiger partial charge in [-0.05, 0) is 49.4 Å². The summed E-state index contributed by atoms with van der Waals surface area (Å²) < 4.78 is 17.1. The molecule has 8 nitrogen and oxygen atoms in total. The summed E-state index contributed by atoms with van der Waals surface area (Å²) in [6, 6.07) is 15.2. The number of amidine groups is 2. The number of carbonyl (C=O) groups excluding carboxylic acids is 1. The third-order valence-corrected chi connectivity index (χ3v) is 6.07. The Morgan fingerprint density at radius 2 is 1.76 bits per heavy atom. The highest BCUT2D eigenvalue weighted by Gasteiger charge is 2.35. The van der Waals surface area contributed by atoms with Crippen molar-refractivity contribution in [3.05, 3.63) is 65.2 Å². The van der Waals surface area contributed by atoms with Crippen LogP contribution >= 0.6 is 11.8 Å². The molecule has 0 aliphatic carbocycles. The molecule has 2 aliphatic rings. The lowest BCUT2D eigenvalue weighted by Crippen LogP contribution is -2.35. The molecule has 176 valence electrons. The predicted octanol–water partition coefficient (Wildman–Crippen LogP) is 4.50. The first-order valence-electron chi connectivity index (χ1n) is 11.0. The van der Waals surface area contributed by atoms with E-state index in [1.807, 2.05) is 62.4 Å². The number of benzene rings is 2. The number of rotatable bonds is 10. The summed E-state index contributed by atoms with van der Waals surface area (Å²) in [5, 5.41) is 15.5. The molecule has 2 aromatic carbocycles. The molecule has 0 aromatic heterocycles. The van der Waals surface area contributed by atoms with Crippen LogP contribution in [0.1, 0.15) is 24.5 Å². The van der Waals surface area contributed by atoms with Crippen LogP contribution in [0, 0.1) is 12.3 Å². The summed E-state index contributed by atoms with van der Waals surface area (Å²) in [6.45, 7) is 5.64. The number of nitrogens with zero attached hydrogens (tertiary/aromatic N) is 3. The van der Waals surface area contributed by atoms with Crippen LogP contribution in [-0.2, 0) is 9.53 Å². The lowest BCUT2D eigenvalue weighted by Gasteiger charge is -2.20. The number of ether oxygens (including phenoxy) is 3. The Bertz CT molecular complexity index is 1160. The normalized spacial score (nSPS) is 16.4. The number of amides is 1. The van der Waals surface area contributed by atoms with Crippen LogP contribution in [0.5, 0.6) is 11.5 Å². The second-order valence-corrected chi connectivity index (χ2v) is 8.57. The molecule has 0 radical (unpaired) electrons. The van der Waals surface area contributed by atoms with Crippen molar-refractivity contribution in [1.29, 1.82) is 5.41 Å². The maximum Gasteiger partial charge on any atom is 0.283 e. The van der Waals surface area contributed by atoms with Crippen molar-refractivity contribution in [2.45, 2.75) is 20.3 Å². The van der Waals surface area contributed by atoms with Gasteiger partial charge in [0.2, 0.25) is 5.17 Å². The molecule has 2 aromatic rings. The fraction of sp³-hybridized carbons (Fsp3) is 0.280. The second kappa shape index (κ2) is 11.1. The molecule has 9 heteroatoms. The second-order valence-electron chi connectivity index (χ2n) is 7.53. The predicted molar refractivity (Wildman–Crippen MR) is 135 cm³/mol. The maximum atomic E-state index is 12.6. The molecule has 0 spiro atoms. The van der Waals surface area contributed by atoms with Gasteiger partial charge in [0.15, 0.2) is 5.84 Å². The van der Waals surface area contributed by atoms with E-state index in [0.29, 0.717) is 42.9 Å². The largest absolute Gasteiger partial charge is 0.491 e. The van der Waals surface area contributed by atoms with Gasteiger partial charge in [-0.1, -0.05) is 42.8 Å². The minimum absolute atomic E-state index is 0.0117. The van der Waals surface area contributed by atoms with Crippen molar-refractivity contribution in [3.8, 4) is 11.5 Å². The number of aryl methyl sites for hydroxylation is 1. The average Bonchev–Trinajstić information content (AvgIpc) is 3.26. The molecule has 0 saturated heterocycles. The monoisotopic (exact) mass is 478 g/mol. The van der Waals surface area contributed by atoms with Crippen molar-refractivity contribution in [1.82, 2.24) is 5.01 Å². The summed E-state index contributed by atoms with van der Waals surface area (Å²) in [5.74, 6) is 0.968. The van der Waals surface area contributed by atoms with Crippen LogP contribution in [-0.4, -0.2) is 53.4 Å². The zero-order chi connectivity index (χ0) is 23.9. The van der Waals surface area contributed by atoms with E-state index in [2.05, 4.69) is 10.1 Å². The van der Waals surface area contributed by atoms with E-state index >= 15 is 0 Å². The number of hydrazone groups is 1. The Morgan fingerprint density at radius 3 is 2.53 bits per heavy atom. The number of hydrogen-bond acceptors (Lipinski definition) is 7. The van der Waals surface area contributed by atoms with Crippen LogP contribution in [0.3, 0.4) is 0 Å². The van der Waals surface area contributed by atoms with Gasteiger partial charge in [0.05, 0.1) is 18.8 Å². The molecule has 0 unspecified atom stereocenters. The van der Waals surface area contributed by atoms with Crippen LogP contribution in [0.4, 0.5) is 0 Å². The molecular weight excluding hydrogens is 452 g/mol. The first-order chi connectivity index (χ1) is 16.5. The summed E-state index contributed by atoms with van der Waals surface area (Å²) >= 11 is 1.32. The lowest BCUT2D eigenvalue weighted by atomic mass is 10.1. The number of carbonyl (C=O) groups is 1. The van der Waals surface area contributed by atoms with E-state index in [1.165, 1.54) is 22.3 Å². The molecule has 0 fully saturated rings. The number of thioether (sulfide) groups is 1. The fourth-order valence-electron chi connectivity index (χ4n) is 3.23. The topological polar surface area (TPSA) is 96.6 Å². The summed E-state index contributed by atoms with van der Waals surface area (Å²) in [5.41, 5.74) is 2.04. The molecule has 34 heavy (non-hydrogen) atoms. The van der Waals surface area contributed by atoms with Crippen molar-refractivity contribution >= 4 is 39.8 Å². The molecule has 1 N–H and O–H groups in total. The van der Waals surface area contributed by atoms with Gasteiger partial charge in [0.25, 0.3) is 5.91 Å². The number of para-hydroxylation sites is 1. The Labute approximate surface area is 202 Å². The molecule has 0 atom stereocenters. The standard InChI is InChI=1S/C25H26N4O4S/c1-3-22-28-29-23(26)20(24(30)27-25(29)34-22)16-18-6-4-5-7-21(18)33-15-13-31-12-14-32-19-10-8-17(2)9-11-19/h4-11,16,26H,3,12-15H2,1-2H3. The van der Waals surface area contributed by atoms with E-state index < -0.39 is 5.91 Å². The highest BCUT2D eigenvalue weighted by atomic mass is 32.2. The zero-order valence-electron chi connectivity index (χ0n) is 19.1. The maximum absolute atomic E-state index is 12.6. The Balaban J connectivity index is 1.30. The third kappa shape index (κ3) is 5.73. The van der Waals surface area contributed by atoms with Gasteiger partial charge < -0.3 is 14.2 Å². The van der Waals surface area contributed by atoms with Crippen molar-refractivity contribution in [3.63, 3.8) is 0 Å². The van der Waals surface area contributed by atoms with E-state index in [-0.39, 0.29) is 11.4 Å². The molecule has 2 heterocycles. The van der Waals surface area contributed by atoms with Gasteiger partial charge in [-0.25, -0.2) is 0 Å². The fourth-order valence-corrected chi connectivity index (χ4v) is 4.05. The molecular formula is C25H26N4O4S. The first kappa shape index (κ1) is 23.7. The van der Waals surface area contributed by atoms with E-state index in [4.69, 9.17) is 19.6 Å². The van der Waals surface area contributed by atoms with Crippen LogP contribution in [0.15, 0.2) is 64.2 Å². The van der Waals surface area contributed by atoms with Crippen molar-refractivity contribution in [2.24, 2.45) is 10.1 Å². The molecule has 2 aliphatic heterocycles. The summed E-state index contributed by atoms with van der Waals surface area (Å²) in [4.78, 5) is 16.7. The number of nitrogens with one attached hydrogen (secondary N) is 1. The minimum Gasteiger partial charge on any atom is -0.491 e. The number of aliphatic imine (C=N–C) groups is 1. The SMILES string of the molecule is CCC1=NN2C(=N)C(=Cc3ccccc3OCCOCCOc3ccc(C)cc3)C(=O)N=C2S1. The van der Waals surface area contributed by atoms with Gasteiger partial charge in [-0.2, -0.15) is 15.1 Å². The van der Waals surface area contributed by atoms with Gasteiger partial charge >= 0.3 is 0 Å². The molecule has 0 saturated carbocycles. The van der Waals surface area contributed by atoms with Crippen LogP contribution in [0.25, 0.3) is 6.08 Å². The van der Waals surface area contributed by atoms with Crippen molar-refractivity contribution < 1.29 is 19.0 Å². The quantitative estimate of drug-likeness (QED) is 0.399. The number of fused-ring (bicyclic) bond motifs is 1. The Morgan fingerprint density at radius 1 is 1.03 bits per heavy atom. The smallest absolute Gasteiger partial charge is 0.283 e. The third-order valence-electron chi connectivity index (χ3n) is 5.02. The van der Waals surface area contributed by atoms with Gasteiger partial charge in [-0.3, -0.25) is 10.2 Å². The lowest BCUT2D eigenvalue weighted by molar-refractivity contribution is -0.114. The molecule has 4 rings (SSSR count). The molecule has 0 bridgehead atoms. The van der Waals surface area contributed by atoms with E-state index in [0.717, 1.165) is 17.2 Å². The minimum atomic E-state index is -0.456. The highest BCUT2D eigenvalue weighted by Crippen LogP contribution is 2.30. The van der Waals surface area contributed by atoms with E-state index in [1.54, 1.807) is 6.08 Å². The first-order valence-corrected chi connectivity index (χ1v) is 11.8. The van der Waals surface area contributed by atoms with Gasteiger partial charge in [0.1, 0.15) is 29.8 Å². The van der Waals surface area contributed by atoms with Gasteiger partial charge in [-0.15, -0.1) is 0 Å². The molecule has 1 amide bonds. The summed E-state index contributed by atoms with van der Waals surface area (Å²) in [6.07, 6.45) is 2.35. The van der Waals surface area contributed by atoms with Gasteiger partial charge in [0, 0.05) is 5.56 Å². The average molecular weight is 479 g/mol. The van der Waals surface area contributed by atoms with Crippen LogP contribution in [0.2, 0.25) is 0 Å². The Hall–Kier alpha value is -3.43.